The highest BCUT2D eigenvalue weighted by atomic mass is 16.4. The van der Waals surface area contributed by atoms with Crippen molar-refractivity contribution in [3.8, 4) is 0 Å². The molecule has 5 nitrogen and oxygen atoms in total. The van der Waals surface area contributed by atoms with E-state index in [0.717, 1.165) is 6.42 Å². The van der Waals surface area contributed by atoms with Gasteiger partial charge in [-0.3, -0.25) is 9.59 Å². The second-order valence-electron chi connectivity index (χ2n) is 4.89. The number of rotatable bonds is 4. The highest BCUT2D eigenvalue weighted by Gasteiger charge is 2.34. The van der Waals surface area contributed by atoms with Crippen LogP contribution in [0.15, 0.2) is 0 Å². The first-order valence-corrected chi connectivity index (χ1v) is 6.24. The Bertz CT molecular complexity index is 293. The van der Waals surface area contributed by atoms with E-state index in [1.54, 1.807) is 4.90 Å². The summed E-state index contributed by atoms with van der Waals surface area (Å²) in [5, 5.41) is 9.00. The number of carboxylic acid groups (broad SMARTS) is 1. The number of nitrogens with two attached hydrogens (primary N) is 1. The SMILES string of the molecule is CCC[C@H](N)C(=O)N1CCC(C(=O)O)C(C)C1. The molecule has 0 aromatic rings. The quantitative estimate of drug-likeness (QED) is 0.759. The van der Waals surface area contributed by atoms with Gasteiger partial charge in [0.2, 0.25) is 5.91 Å². The number of aliphatic carboxylic acids is 1. The van der Waals surface area contributed by atoms with E-state index in [2.05, 4.69) is 0 Å². The highest BCUT2D eigenvalue weighted by Crippen LogP contribution is 2.24. The van der Waals surface area contributed by atoms with Gasteiger partial charge in [-0.15, -0.1) is 0 Å². The third-order valence-corrected chi connectivity index (χ3v) is 3.45. The van der Waals surface area contributed by atoms with E-state index in [-0.39, 0.29) is 17.7 Å². The Morgan fingerprint density at radius 3 is 2.65 bits per heavy atom. The van der Waals surface area contributed by atoms with E-state index in [9.17, 15) is 9.59 Å². The fraction of sp³-hybridized carbons (Fsp3) is 0.833. The van der Waals surface area contributed by atoms with Gasteiger partial charge in [0, 0.05) is 13.1 Å². The predicted octanol–water partition coefficient (Wildman–Crippen LogP) is 0.683. The van der Waals surface area contributed by atoms with Gasteiger partial charge in [-0.05, 0) is 18.8 Å². The topological polar surface area (TPSA) is 83.6 Å². The van der Waals surface area contributed by atoms with Crippen LogP contribution in [-0.4, -0.2) is 41.0 Å². The van der Waals surface area contributed by atoms with Crippen molar-refractivity contribution in [1.82, 2.24) is 4.90 Å². The number of piperidine rings is 1. The summed E-state index contributed by atoms with van der Waals surface area (Å²) < 4.78 is 0. The summed E-state index contributed by atoms with van der Waals surface area (Å²) in [6, 6.07) is -0.437. The van der Waals surface area contributed by atoms with Crippen LogP contribution in [-0.2, 0) is 9.59 Å². The Labute approximate surface area is 102 Å². The maximum Gasteiger partial charge on any atom is 0.306 e. The Hall–Kier alpha value is -1.10. The van der Waals surface area contributed by atoms with E-state index >= 15 is 0 Å². The number of carboxylic acids is 1. The van der Waals surface area contributed by atoms with Gasteiger partial charge in [0.15, 0.2) is 0 Å². The van der Waals surface area contributed by atoms with Gasteiger partial charge in [0.05, 0.1) is 12.0 Å². The fourth-order valence-electron chi connectivity index (χ4n) is 2.38. The minimum Gasteiger partial charge on any atom is -0.481 e. The summed E-state index contributed by atoms with van der Waals surface area (Å²) in [6.07, 6.45) is 2.10. The van der Waals surface area contributed by atoms with Crippen molar-refractivity contribution in [1.29, 1.82) is 0 Å². The average molecular weight is 242 g/mol. The molecule has 1 fully saturated rings. The molecule has 1 amide bonds. The molecule has 0 aromatic carbocycles. The van der Waals surface area contributed by atoms with E-state index in [1.165, 1.54) is 0 Å². The molecule has 0 aliphatic carbocycles. The Balaban J connectivity index is 2.54. The fourth-order valence-corrected chi connectivity index (χ4v) is 2.38. The zero-order valence-electron chi connectivity index (χ0n) is 10.6. The maximum atomic E-state index is 12.0. The number of nitrogens with zero attached hydrogens (tertiary/aromatic N) is 1. The highest BCUT2D eigenvalue weighted by molar-refractivity contribution is 5.82. The smallest absolute Gasteiger partial charge is 0.306 e. The molecule has 3 atom stereocenters. The summed E-state index contributed by atoms with van der Waals surface area (Å²) >= 11 is 0. The van der Waals surface area contributed by atoms with Crippen LogP contribution in [0.4, 0.5) is 0 Å². The van der Waals surface area contributed by atoms with Crippen LogP contribution in [0, 0.1) is 11.8 Å². The molecule has 0 aromatic heterocycles. The number of likely N-dealkylation sites (tertiary alicyclic amines) is 1. The second kappa shape index (κ2) is 6.00. The monoisotopic (exact) mass is 242 g/mol. The lowest BCUT2D eigenvalue weighted by atomic mass is 9.86. The minimum atomic E-state index is -0.762. The minimum absolute atomic E-state index is 0.000901. The summed E-state index contributed by atoms with van der Waals surface area (Å²) in [4.78, 5) is 24.6. The average Bonchev–Trinajstić information content (AvgIpc) is 2.27. The van der Waals surface area contributed by atoms with Gasteiger partial charge in [-0.1, -0.05) is 20.3 Å². The molecule has 0 spiro atoms. The van der Waals surface area contributed by atoms with Crippen LogP contribution in [0.25, 0.3) is 0 Å². The third kappa shape index (κ3) is 3.43. The van der Waals surface area contributed by atoms with Crippen LogP contribution in [0.5, 0.6) is 0 Å². The molecule has 1 aliphatic heterocycles. The summed E-state index contributed by atoms with van der Waals surface area (Å²) in [5.41, 5.74) is 5.79. The van der Waals surface area contributed by atoms with Crippen molar-refractivity contribution in [3.63, 3.8) is 0 Å². The third-order valence-electron chi connectivity index (χ3n) is 3.45. The summed E-state index contributed by atoms with van der Waals surface area (Å²) in [6.45, 7) is 4.89. The predicted molar refractivity (Wildman–Crippen MR) is 64.4 cm³/mol. The number of hydrogen-bond donors (Lipinski definition) is 2. The zero-order valence-corrected chi connectivity index (χ0v) is 10.6. The van der Waals surface area contributed by atoms with E-state index in [1.807, 2.05) is 13.8 Å². The lowest BCUT2D eigenvalue weighted by Gasteiger charge is -2.36. The van der Waals surface area contributed by atoms with Crippen LogP contribution in [0.3, 0.4) is 0 Å². The lowest BCUT2D eigenvalue weighted by molar-refractivity contribution is -0.148. The van der Waals surface area contributed by atoms with E-state index in [4.69, 9.17) is 10.8 Å². The molecule has 0 saturated carbocycles. The molecular weight excluding hydrogens is 220 g/mol. The standard InChI is InChI=1S/C12H22N2O3/c1-3-4-10(13)11(15)14-6-5-9(12(16)17)8(2)7-14/h8-10H,3-7,13H2,1-2H3,(H,16,17)/t8?,9?,10-/m0/s1. The van der Waals surface area contributed by atoms with Crippen molar-refractivity contribution in [2.75, 3.05) is 13.1 Å². The number of carbonyl (C=O) groups excluding carboxylic acids is 1. The molecule has 1 saturated heterocycles. The van der Waals surface area contributed by atoms with E-state index < -0.39 is 12.0 Å². The summed E-state index contributed by atoms with van der Waals surface area (Å²) in [5.74, 6) is -1.13. The molecule has 1 heterocycles. The molecule has 1 aliphatic rings. The Morgan fingerprint density at radius 1 is 1.53 bits per heavy atom. The Kier molecular flexibility index (Phi) is 4.93. The van der Waals surface area contributed by atoms with Crippen molar-refractivity contribution in [3.05, 3.63) is 0 Å². The first-order chi connectivity index (χ1) is 7.97. The van der Waals surface area contributed by atoms with Crippen LogP contribution < -0.4 is 5.73 Å². The molecule has 98 valence electrons. The molecule has 0 radical (unpaired) electrons. The largest absolute Gasteiger partial charge is 0.481 e. The number of amides is 1. The first kappa shape index (κ1) is 14.0. The van der Waals surface area contributed by atoms with E-state index in [0.29, 0.717) is 25.9 Å². The normalized spacial score (nSPS) is 26.6. The van der Waals surface area contributed by atoms with Crippen molar-refractivity contribution in [2.24, 2.45) is 17.6 Å². The molecule has 0 bridgehead atoms. The molecule has 5 heteroatoms. The molecule has 2 unspecified atom stereocenters. The van der Waals surface area contributed by atoms with Gasteiger partial charge in [-0.25, -0.2) is 0 Å². The molecule has 3 N–H and O–H groups in total. The zero-order chi connectivity index (χ0) is 13.0. The van der Waals surface area contributed by atoms with Crippen molar-refractivity contribution < 1.29 is 14.7 Å². The van der Waals surface area contributed by atoms with Gasteiger partial charge >= 0.3 is 5.97 Å². The summed E-state index contributed by atoms with van der Waals surface area (Å²) in [7, 11) is 0. The first-order valence-electron chi connectivity index (χ1n) is 6.24. The maximum absolute atomic E-state index is 12.0. The number of hydrogen-bond acceptors (Lipinski definition) is 3. The second-order valence-corrected chi connectivity index (χ2v) is 4.89. The van der Waals surface area contributed by atoms with Crippen LogP contribution in [0.1, 0.15) is 33.1 Å². The molecule has 17 heavy (non-hydrogen) atoms. The van der Waals surface area contributed by atoms with Crippen molar-refractivity contribution in [2.45, 2.75) is 39.2 Å². The Morgan fingerprint density at radius 2 is 2.18 bits per heavy atom. The molecule has 1 rings (SSSR count). The number of carbonyl (C=O) groups is 2. The van der Waals surface area contributed by atoms with Gasteiger partial charge in [-0.2, -0.15) is 0 Å². The molecular formula is C12H22N2O3. The van der Waals surface area contributed by atoms with Gasteiger partial charge in [0.1, 0.15) is 0 Å². The van der Waals surface area contributed by atoms with Crippen LogP contribution in [0.2, 0.25) is 0 Å². The van der Waals surface area contributed by atoms with Gasteiger partial charge < -0.3 is 15.7 Å². The lowest BCUT2D eigenvalue weighted by Crippen LogP contribution is -2.50. The van der Waals surface area contributed by atoms with Crippen LogP contribution >= 0.6 is 0 Å². The van der Waals surface area contributed by atoms with Gasteiger partial charge in [0.25, 0.3) is 0 Å². The van der Waals surface area contributed by atoms with Crippen molar-refractivity contribution >= 4 is 11.9 Å².